The lowest BCUT2D eigenvalue weighted by atomic mass is 9.82. The summed E-state index contributed by atoms with van der Waals surface area (Å²) in [6.07, 6.45) is -1.20. The molecule has 1 aliphatic carbocycles. The third-order valence-corrected chi connectivity index (χ3v) is 7.73. The average Bonchev–Trinajstić information content (AvgIpc) is 3.30. The minimum Gasteiger partial charge on any atom is -0.491 e. The third kappa shape index (κ3) is 9.29. The van der Waals surface area contributed by atoms with Crippen LogP contribution in [0.2, 0.25) is 0 Å². The van der Waals surface area contributed by atoms with Gasteiger partial charge in [0.05, 0.1) is 24.9 Å². The van der Waals surface area contributed by atoms with E-state index < -0.39 is 41.9 Å². The van der Waals surface area contributed by atoms with Gasteiger partial charge in [-0.25, -0.2) is 4.79 Å². The summed E-state index contributed by atoms with van der Waals surface area (Å²) in [4.78, 5) is 26.3. The highest BCUT2D eigenvalue weighted by Gasteiger charge is 2.35. The van der Waals surface area contributed by atoms with Gasteiger partial charge in [0, 0.05) is 24.8 Å². The van der Waals surface area contributed by atoms with Crippen LogP contribution in [0.25, 0.3) is 0 Å². The van der Waals surface area contributed by atoms with Gasteiger partial charge in [-0.05, 0) is 68.0 Å². The van der Waals surface area contributed by atoms with E-state index in [1.54, 1.807) is 45.0 Å². The number of aliphatic hydroxyl groups is 3. The Kier molecular flexibility index (Phi) is 11.4. The van der Waals surface area contributed by atoms with E-state index in [1.807, 2.05) is 54.6 Å². The minimum absolute atomic E-state index is 0.0616. The molecule has 0 saturated carbocycles. The predicted octanol–water partition coefficient (Wildman–Crippen LogP) is 4.40. The average molecular weight is 605 g/mol. The number of fused-ring (bicyclic) bond motifs is 1. The van der Waals surface area contributed by atoms with E-state index in [2.05, 4.69) is 10.6 Å². The van der Waals surface area contributed by atoms with Crippen LogP contribution in [0.3, 0.4) is 0 Å². The van der Waals surface area contributed by atoms with Crippen molar-refractivity contribution < 1.29 is 34.4 Å². The van der Waals surface area contributed by atoms with Gasteiger partial charge in [-0.2, -0.15) is 0 Å². The van der Waals surface area contributed by atoms with Gasteiger partial charge in [0.25, 0.3) is 0 Å². The first-order chi connectivity index (χ1) is 21.0. The van der Waals surface area contributed by atoms with E-state index in [0.29, 0.717) is 24.2 Å². The van der Waals surface area contributed by atoms with Crippen molar-refractivity contribution in [1.82, 2.24) is 10.6 Å². The Morgan fingerprint density at radius 3 is 2.34 bits per heavy atom. The van der Waals surface area contributed by atoms with Crippen LogP contribution < -0.4 is 15.4 Å². The fraction of sp³-hybridized carbons (Fsp3) is 0.429. The zero-order valence-electron chi connectivity index (χ0n) is 25.6. The first kappa shape index (κ1) is 33.0. The number of carbonyl (C=O) groups is 2. The Labute approximate surface area is 259 Å². The highest BCUT2D eigenvalue weighted by Crippen LogP contribution is 2.34. The molecule has 5 N–H and O–H groups in total. The molecule has 3 aromatic carbocycles. The van der Waals surface area contributed by atoms with Gasteiger partial charge >= 0.3 is 6.09 Å². The van der Waals surface area contributed by atoms with Crippen LogP contribution in [0.15, 0.2) is 78.9 Å². The van der Waals surface area contributed by atoms with Crippen LogP contribution in [-0.4, -0.2) is 58.3 Å². The maximum atomic E-state index is 13.3. The standard InChI is InChI=1S/C35H44N2O7/c1-35(2,3)44-34(42)36-29(21-23-9-5-4-6-10-23)28(33(41)24-13-15-26(16-14-24)43-20-19-38)17-18-31(40)37-32-27-12-8-7-11-25(27)22-30(32)39/h4-16,28-30,32-33,38-39,41H,17-22H2,1-3H3,(H,36,42)(H,37,40)/t28-,29-,30+,32-,33?/m0/s1. The molecule has 1 aliphatic rings. The second-order valence-electron chi connectivity index (χ2n) is 12.2. The summed E-state index contributed by atoms with van der Waals surface area (Å²) in [5.74, 6) is -0.293. The van der Waals surface area contributed by atoms with Crippen LogP contribution in [-0.2, 0) is 22.4 Å². The quantitative estimate of drug-likeness (QED) is 0.195. The Morgan fingerprint density at radius 1 is 0.977 bits per heavy atom. The Balaban J connectivity index is 1.58. The Hall–Kier alpha value is -3.92. The van der Waals surface area contributed by atoms with E-state index in [1.165, 1.54) is 0 Å². The summed E-state index contributed by atoms with van der Waals surface area (Å²) in [5, 5.41) is 37.5. The van der Waals surface area contributed by atoms with E-state index in [4.69, 9.17) is 14.6 Å². The minimum atomic E-state index is -1.05. The zero-order valence-corrected chi connectivity index (χ0v) is 25.6. The number of alkyl carbamates (subject to hydrolysis) is 1. The molecule has 2 amide bonds. The smallest absolute Gasteiger partial charge is 0.407 e. The summed E-state index contributed by atoms with van der Waals surface area (Å²) in [7, 11) is 0. The lowest BCUT2D eigenvalue weighted by Crippen LogP contribution is -2.46. The summed E-state index contributed by atoms with van der Waals surface area (Å²) in [5.41, 5.74) is 2.74. The molecule has 5 atom stereocenters. The Bertz CT molecular complexity index is 1360. The Morgan fingerprint density at radius 2 is 1.66 bits per heavy atom. The molecule has 3 aromatic rings. The molecule has 44 heavy (non-hydrogen) atoms. The van der Waals surface area contributed by atoms with Crippen LogP contribution in [0.5, 0.6) is 5.75 Å². The van der Waals surface area contributed by atoms with E-state index in [0.717, 1.165) is 16.7 Å². The summed E-state index contributed by atoms with van der Waals surface area (Å²) < 4.78 is 11.1. The molecule has 0 heterocycles. The molecule has 4 rings (SSSR count). The number of rotatable bonds is 13. The molecule has 0 bridgehead atoms. The van der Waals surface area contributed by atoms with Crippen LogP contribution >= 0.6 is 0 Å². The number of ether oxygens (including phenoxy) is 2. The molecule has 0 aromatic heterocycles. The normalized spacial score (nSPS) is 18.0. The molecule has 236 valence electrons. The van der Waals surface area contributed by atoms with Gasteiger partial charge in [0.15, 0.2) is 0 Å². The second-order valence-corrected chi connectivity index (χ2v) is 12.2. The van der Waals surface area contributed by atoms with Crippen molar-refractivity contribution in [2.75, 3.05) is 13.2 Å². The van der Waals surface area contributed by atoms with Crippen molar-refractivity contribution >= 4 is 12.0 Å². The third-order valence-electron chi connectivity index (χ3n) is 7.73. The lowest BCUT2D eigenvalue weighted by molar-refractivity contribution is -0.123. The van der Waals surface area contributed by atoms with Crippen molar-refractivity contribution in [1.29, 1.82) is 0 Å². The van der Waals surface area contributed by atoms with Gasteiger partial charge in [0.1, 0.15) is 18.0 Å². The van der Waals surface area contributed by atoms with Crippen LogP contribution in [0.4, 0.5) is 4.79 Å². The van der Waals surface area contributed by atoms with E-state index in [9.17, 15) is 19.8 Å². The molecule has 9 heteroatoms. The van der Waals surface area contributed by atoms with E-state index in [-0.39, 0.29) is 32.0 Å². The van der Waals surface area contributed by atoms with Gasteiger partial charge < -0.3 is 35.4 Å². The monoisotopic (exact) mass is 604 g/mol. The first-order valence-corrected chi connectivity index (χ1v) is 15.1. The maximum absolute atomic E-state index is 13.3. The van der Waals surface area contributed by atoms with E-state index >= 15 is 0 Å². The topological polar surface area (TPSA) is 137 Å². The molecule has 0 aliphatic heterocycles. The summed E-state index contributed by atoms with van der Waals surface area (Å²) >= 11 is 0. The summed E-state index contributed by atoms with van der Waals surface area (Å²) in [6, 6.07) is 23.1. The van der Waals surface area contributed by atoms with Crippen LogP contribution in [0.1, 0.15) is 68.0 Å². The van der Waals surface area contributed by atoms with Crippen LogP contribution in [0, 0.1) is 5.92 Å². The van der Waals surface area contributed by atoms with Gasteiger partial charge in [-0.1, -0.05) is 66.7 Å². The number of amides is 2. The maximum Gasteiger partial charge on any atom is 0.407 e. The molecular formula is C35H44N2O7. The van der Waals surface area contributed by atoms with Crippen molar-refractivity contribution in [3.8, 4) is 5.75 Å². The first-order valence-electron chi connectivity index (χ1n) is 15.1. The van der Waals surface area contributed by atoms with Gasteiger partial charge in [0.2, 0.25) is 5.91 Å². The number of nitrogens with one attached hydrogen (secondary N) is 2. The number of benzene rings is 3. The van der Waals surface area contributed by atoms with Gasteiger partial charge in [-0.3, -0.25) is 4.79 Å². The molecule has 0 spiro atoms. The molecule has 0 fully saturated rings. The number of aliphatic hydroxyl groups excluding tert-OH is 3. The highest BCUT2D eigenvalue weighted by molar-refractivity contribution is 5.77. The number of carbonyl (C=O) groups excluding carboxylic acids is 2. The van der Waals surface area contributed by atoms with Crippen molar-refractivity contribution in [2.45, 2.75) is 76.3 Å². The highest BCUT2D eigenvalue weighted by atomic mass is 16.6. The van der Waals surface area contributed by atoms with Crippen molar-refractivity contribution in [3.05, 3.63) is 101 Å². The van der Waals surface area contributed by atoms with Crippen molar-refractivity contribution in [3.63, 3.8) is 0 Å². The summed E-state index contributed by atoms with van der Waals surface area (Å²) in [6.45, 7) is 5.39. The zero-order chi connectivity index (χ0) is 31.7. The number of hydrogen-bond donors (Lipinski definition) is 5. The SMILES string of the molecule is CC(C)(C)OC(=O)N[C@@H](Cc1ccccc1)[C@H](CCC(=O)N[C@H]1c2ccccc2C[C@H]1O)C(O)c1ccc(OCCO)cc1. The fourth-order valence-corrected chi connectivity index (χ4v) is 5.68. The largest absolute Gasteiger partial charge is 0.491 e. The molecule has 9 nitrogen and oxygen atoms in total. The molecule has 1 unspecified atom stereocenters. The molecule has 0 saturated heterocycles. The number of hydrogen-bond acceptors (Lipinski definition) is 7. The fourth-order valence-electron chi connectivity index (χ4n) is 5.68. The molecule has 0 radical (unpaired) electrons. The van der Waals surface area contributed by atoms with Gasteiger partial charge in [-0.15, -0.1) is 0 Å². The van der Waals surface area contributed by atoms with Crippen molar-refractivity contribution in [2.24, 2.45) is 5.92 Å². The second kappa shape index (κ2) is 15.2. The lowest BCUT2D eigenvalue weighted by Gasteiger charge is -2.33. The predicted molar refractivity (Wildman–Crippen MR) is 167 cm³/mol. The molecular weight excluding hydrogens is 560 g/mol.